The molecule has 0 amide bonds. The highest BCUT2D eigenvalue weighted by molar-refractivity contribution is 6.13. The maximum absolute atomic E-state index is 4.82. The van der Waals surface area contributed by atoms with Gasteiger partial charge in [0.15, 0.2) is 0 Å². The molecule has 3 aromatic rings. The quantitative estimate of drug-likeness (QED) is 0.528. The molecule has 1 heterocycles. The second-order valence-corrected chi connectivity index (χ2v) is 5.91. The zero-order valence-corrected chi connectivity index (χ0v) is 11.8. The molecule has 0 unspecified atom stereocenters. The van der Waals surface area contributed by atoms with Crippen LogP contribution in [0.25, 0.3) is 33.8 Å². The van der Waals surface area contributed by atoms with Crippen molar-refractivity contribution in [3.8, 4) is 0 Å². The molecular weight excluding hydrogens is 254 g/mol. The maximum Gasteiger partial charge on any atom is 0.0789 e. The molecule has 1 aromatic heterocycles. The Balaban J connectivity index is 2.10. The molecule has 0 atom stereocenters. The van der Waals surface area contributed by atoms with Crippen molar-refractivity contribution in [2.24, 2.45) is 0 Å². The lowest BCUT2D eigenvalue weighted by Gasteiger charge is -2.19. The molecule has 1 heteroatoms. The first-order valence-electron chi connectivity index (χ1n) is 7.62. The van der Waals surface area contributed by atoms with Gasteiger partial charge < -0.3 is 0 Å². The Kier molecular flexibility index (Phi) is 2.17. The van der Waals surface area contributed by atoms with Gasteiger partial charge in [0.05, 0.1) is 5.52 Å². The molecule has 0 N–H and O–H groups in total. The van der Waals surface area contributed by atoms with Crippen LogP contribution >= 0.6 is 0 Å². The Bertz CT molecular complexity index is 961. The van der Waals surface area contributed by atoms with Gasteiger partial charge in [0.25, 0.3) is 0 Å². The number of aryl methyl sites for hydroxylation is 1. The Labute approximate surface area is 123 Å². The first-order valence-corrected chi connectivity index (χ1v) is 7.62. The van der Waals surface area contributed by atoms with Crippen LogP contribution in [-0.4, -0.2) is 4.98 Å². The van der Waals surface area contributed by atoms with E-state index in [9.17, 15) is 0 Å². The molecule has 0 saturated carbocycles. The second-order valence-electron chi connectivity index (χ2n) is 5.91. The summed E-state index contributed by atoms with van der Waals surface area (Å²) in [5.74, 6) is 0. The minimum Gasteiger partial charge on any atom is -0.255 e. The molecule has 100 valence electrons. The number of rotatable bonds is 0. The molecule has 0 fully saturated rings. The number of pyridine rings is 1. The fourth-order valence-electron chi connectivity index (χ4n) is 3.83. The molecule has 1 nitrogen and oxygen atoms in total. The fraction of sp³-hybridized carbons (Fsp3) is 0.150. The number of hydrogen-bond donors (Lipinski definition) is 0. The average molecular weight is 269 g/mol. The average Bonchev–Trinajstić information content (AvgIpc) is 3.03. The topological polar surface area (TPSA) is 12.9 Å². The first-order chi connectivity index (χ1) is 10.4. The monoisotopic (exact) mass is 269 g/mol. The van der Waals surface area contributed by atoms with E-state index in [0.29, 0.717) is 0 Å². The summed E-state index contributed by atoms with van der Waals surface area (Å²) in [6.07, 6.45) is 14.5. The van der Waals surface area contributed by atoms with Gasteiger partial charge in [0, 0.05) is 17.0 Å². The van der Waals surface area contributed by atoms with Crippen LogP contribution in [0.3, 0.4) is 0 Å². The molecule has 5 rings (SSSR count). The maximum atomic E-state index is 4.82. The molecule has 2 aromatic carbocycles. The van der Waals surface area contributed by atoms with Crippen LogP contribution in [0, 0.1) is 0 Å². The normalized spacial score (nSPS) is 15.6. The van der Waals surface area contributed by atoms with Gasteiger partial charge in [-0.3, -0.25) is 4.98 Å². The van der Waals surface area contributed by atoms with Gasteiger partial charge in [-0.2, -0.15) is 0 Å². The van der Waals surface area contributed by atoms with Crippen molar-refractivity contribution in [1.82, 2.24) is 4.98 Å². The van der Waals surface area contributed by atoms with E-state index in [1.165, 1.54) is 43.9 Å². The highest BCUT2D eigenvalue weighted by Gasteiger charge is 2.19. The number of benzene rings is 2. The summed E-state index contributed by atoms with van der Waals surface area (Å²) in [6, 6.07) is 8.68. The molecule has 0 aliphatic heterocycles. The third-order valence-electron chi connectivity index (χ3n) is 4.77. The Morgan fingerprint density at radius 1 is 0.905 bits per heavy atom. The van der Waals surface area contributed by atoms with Crippen LogP contribution in [0.5, 0.6) is 0 Å². The summed E-state index contributed by atoms with van der Waals surface area (Å²) in [5, 5.41) is 4.01. The van der Waals surface area contributed by atoms with Crippen LogP contribution in [0.4, 0.5) is 0 Å². The van der Waals surface area contributed by atoms with E-state index in [-0.39, 0.29) is 0 Å². The van der Waals surface area contributed by atoms with E-state index >= 15 is 0 Å². The van der Waals surface area contributed by atoms with Crippen molar-refractivity contribution in [2.45, 2.75) is 19.3 Å². The lowest BCUT2D eigenvalue weighted by Crippen LogP contribution is -2.01. The molecule has 0 radical (unpaired) electrons. The highest BCUT2D eigenvalue weighted by atomic mass is 14.7. The van der Waals surface area contributed by atoms with Gasteiger partial charge in [-0.05, 0) is 46.9 Å². The first kappa shape index (κ1) is 11.3. The van der Waals surface area contributed by atoms with Crippen molar-refractivity contribution in [3.63, 3.8) is 0 Å². The van der Waals surface area contributed by atoms with Crippen LogP contribution in [-0.2, 0) is 12.8 Å². The Morgan fingerprint density at radius 3 is 2.71 bits per heavy atom. The number of hydrogen-bond acceptors (Lipinski definition) is 1. The summed E-state index contributed by atoms with van der Waals surface area (Å²) in [4.78, 5) is 4.82. The standard InChI is InChI=1S/C20H15N/c1-3-9-17-15(7-1)16-8-2-4-10-18(16)20-19(17)14-11-5-6-13(14)12-21-20/h1-2,4-5,7-8,10-12H,3,6,9H2. The van der Waals surface area contributed by atoms with Crippen LogP contribution in [0.2, 0.25) is 0 Å². The number of nitrogens with zero attached hydrogens (tertiary/aromatic N) is 1. The number of aromatic nitrogens is 1. The molecule has 0 saturated heterocycles. The summed E-state index contributed by atoms with van der Waals surface area (Å²) in [5.41, 5.74) is 6.83. The molecule has 2 aliphatic carbocycles. The van der Waals surface area contributed by atoms with Gasteiger partial charge in [-0.25, -0.2) is 0 Å². The zero-order chi connectivity index (χ0) is 13.8. The van der Waals surface area contributed by atoms with Gasteiger partial charge in [0.1, 0.15) is 0 Å². The summed E-state index contributed by atoms with van der Waals surface area (Å²) in [7, 11) is 0. The predicted molar refractivity (Wildman–Crippen MR) is 89.3 cm³/mol. The molecule has 0 spiro atoms. The smallest absolute Gasteiger partial charge is 0.0789 e. The van der Waals surface area contributed by atoms with E-state index < -0.39 is 0 Å². The van der Waals surface area contributed by atoms with Gasteiger partial charge >= 0.3 is 0 Å². The fourth-order valence-corrected chi connectivity index (χ4v) is 3.83. The van der Waals surface area contributed by atoms with Crippen molar-refractivity contribution < 1.29 is 0 Å². The van der Waals surface area contributed by atoms with Crippen LogP contribution in [0.1, 0.15) is 28.7 Å². The van der Waals surface area contributed by atoms with Crippen molar-refractivity contribution in [1.29, 1.82) is 0 Å². The van der Waals surface area contributed by atoms with Crippen LogP contribution < -0.4 is 0 Å². The second kappa shape index (κ2) is 4.05. The third kappa shape index (κ3) is 1.43. The summed E-state index contributed by atoms with van der Waals surface area (Å²) in [6.45, 7) is 0. The van der Waals surface area contributed by atoms with E-state index in [0.717, 1.165) is 19.3 Å². The molecular formula is C20H15N. The largest absolute Gasteiger partial charge is 0.255 e. The molecule has 2 aliphatic rings. The van der Waals surface area contributed by atoms with Gasteiger partial charge in [0.2, 0.25) is 0 Å². The zero-order valence-electron chi connectivity index (χ0n) is 11.8. The van der Waals surface area contributed by atoms with Crippen molar-refractivity contribution in [3.05, 3.63) is 64.9 Å². The summed E-state index contributed by atoms with van der Waals surface area (Å²) >= 11 is 0. The minimum absolute atomic E-state index is 1.02. The van der Waals surface area contributed by atoms with Crippen molar-refractivity contribution >= 4 is 33.8 Å². The Hall–Kier alpha value is -2.41. The minimum atomic E-state index is 1.02. The Morgan fingerprint density at radius 2 is 1.76 bits per heavy atom. The molecule has 21 heavy (non-hydrogen) atoms. The highest BCUT2D eigenvalue weighted by Crippen LogP contribution is 2.39. The summed E-state index contributed by atoms with van der Waals surface area (Å²) < 4.78 is 0. The SMILES string of the molecule is C1=Cc2c(c3c4c(cnc3c3ccccc23)CC=C4)CC1. The lowest BCUT2D eigenvalue weighted by molar-refractivity contribution is 0.999. The van der Waals surface area contributed by atoms with E-state index in [1.807, 2.05) is 0 Å². The van der Waals surface area contributed by atoms with E-state index in [4.69, 9.17) is 4.98 Å². The van der Waals surface area contributed by atoms with Crippen molar-refractivity contribution in [2.75, 3.05) is 0 Å². The number of fused-ring (bicyclic) bond motifs is 8. The predicted octanol–water partition coefficient (Wildman–Crippen LogP) is 4.92. The van der Waals surface area contributed by atoms with Gasteiger partial charge in [-0.1, -0.05) is 48.6 Å². The van der Waals surface area contributed by atoms with Crippen LogP contribution in [0.15, 0.2) is 42.6 Å². The third-order valence-corrected chi connectivity index (χ3v) is 4.77. The van der Waals surface area contributed by atoms with Gasteiger partial charge in [-0.15, -0.1) is 0 Å². The van der Waals surface area contributed by atoms with E-state index in [2.05, 4.69) is 54.8 Å². The molecule has 0 bridgehead atoms. The number of allylic oxidation sites excluding steroid dienone is 2. The lowest BCUT2D eigenvalue weighted by atomic mass is 9.86. The van der Waals surface area contributed by atoms with E-state index in [1.54, 1.807) is 0 Å².